The minimum Gasteiger partial charge on any atom is -0.325 e. The molecule has 0 radical (unpaired) electrons. The van der Waals surface area contributed by atoms with Crippen molar-refractivity contribution in [2.24, 2.45) is 7.05 Å². The number of fused-ring (bicyclic) bond motifs is 5. The smallest absolute Gasteiger partial charge is 0.262 e. The number of carbonyl (C=O) groups excluding carboxylic acids is 2. The Morgan fingerprint density at radius 2 is 1.86 bits per heavy atom. The summed E-state index contributed by atoms with van der Waals surface area (Å²) in [7, 11) is 1.73. The molecule has 2 aliphatic rings. The van der Waals surface area contributed by atoms with Gasteiger partial charge in [0.2, 0.25) is 11.8 Å². The van der Waals surface area contributed by atoms with E-state index in [-0.39, 0.29) is 23.1 Å². The van der Waals surface area contributed by atoms with E-state index < -0.39 is 0 Å². The number of thiazole rings is 1. The van der Waals surface area contributed by atoms with Crippen LogP contribution in [0.3, 0.4) is 0 Å². The molecule has 0 saturated heterocycles. The van der Waals surface area contributed by atoms with Gasteiger partial charge in [0, 0.05) is 29.8 Å². The highest BCUT2D eigenvalue weighted by Gasteiger charge is 2.25. The first-order chi connectivity index (χ1) is 20.4. The van der Waals surface area contributed by atoms with E-state index in [1.165, 1.54) is 50.9 Å². The van der Waals surface area contributed by atoms with Crippen molar-refractivity contribution in [3.63, 3.8) is 0 Å². The van der Waals surface area contributed by atoms with Gasteiger partial charge in [-0.2, -0.15) is 0 Å². The first-order valence-electron chi connectivity index (χ1n) is 13.8. The van der Waals surface area contributed by atoms with Crippen molar-refractivity contribution in [3.05, 3.63) is 68.8 Å². The van der Waals surface area contributed by atoms with Gasteiger partial charge in [-0.05, 0) is 67.5 Å². The number of para-hydroxylation sites is 1. The van der Waals surface area contributed by atoms with Crippen LogP contribution >= 0.6 is 46.2 Å². The lowest BCUT2D eigenvalue weighted by atomic mass is 9.97. The number of anilines is 2. The zero-order valence-corrected chi connectivity index (χ0v) is 26.1. The van der Waals surface area contributed by atoms with E-state index in [2.05, 4.69) is 16.4 Å². The van der Waals surface area contributed by atoms with Crippen LogP contribution in [0.5, 0.6) is 0 Å². The van der Waals surface area contributed by atoms with Crippen molar-refractivity contribution in [2.45, 2.75) is 41.6 Å². The lowest BCUT2D eigenvalue weighted by Crippen LogP contribution is -2.30. The lowest BCUT2D eigenvalue weighted by Gasteiger charge is -2.16. The topological polar surface area (TPSA) is 97.2 Å². The Kier molecular flexibility index (Phi) is 7.55. The highest BCUT2D eigenvalue weighted by atomic mass is 32.2. The standard InChI is InChI=1S/C30H27N5O3S4/c1-34-28(38)26-19-7-3-5-9-22(19)41-27(26)33-29(34)39-15-24(36)31-18-10-11-20-23(14-18)42-30(32-20)40-16-25(37)35-13-12-17-6-2-4-8-21(17)35/h2,4,6,8,10-11,14H,3,5,7,9,12-13,15-16H2,1H3,(H,31,36). The fourth-order valence-electron chi connectivity index (χ4n) is 5.57. The summed E-state index contributed by atoms with van der Waals surface area (Å²) in [5, 5.41) is 4.27. The molecule has 12 heteroatoms. The summed E-state index contributed by atoms with van der Waals surface area (Å²) in [6.45, 7) is 0.719. The molecule has 42 heavy (non-hydrogen) atoms. The zero-order valence-electron chi connectivity index (χ0n) is 22.8. The fraction of sp³-hybridized carbons (Fsp3) is 0.300. The molecule has 5 aromatic rings. The van der Waals surface area contributed by atoms with Crippen molar-refractivity contribution in [2.75, 3.05) is 28.3 Å². The summed E-state index contributed by atoms with van der Waals surface area (Å²) in [5.74, 6) is 0.375. The van der Waals surface area contributed by atoms with Crippen molar-refractivity contribution in [3.8, 4) is 0 Å². The van der Waals surface area contributed by atoms with Crippen LogP contribution in [0.4, 0.5) is 11.4 Å². The summed E-state index contributed by atoms with van der Waals surface area (Å²) in [6, 6.07) is 13.7. The Labute approximate surface area is 258 Å². The number of thioether (sulfide) groups is 2. The van der Waals surface area contributed by atoms with E-state index in [0.29, 0.717) is 16.6 Å². The number of carbonyl (C=O) groups is 2. The maximum absolute atomic E-state index is 13.1. The SMILES string of the molecule is Cn1c(SCC(=O)Nc2ccc3nc(SCC(=O)N4CCc5ccccc54)sc3c2)nc2sc3c(c2c1=O)CCCC3. The number of hydrogen-bond donors (Lipinski definition) is 1. The Morgan fingerprint density at radius 3 is 2.76 bits per heavy atom. The number of nitrogens with zero attached hydrogens (tertiary/aromatic N) is 4. The van der Waals surface area contributed by atoms with Crippen molar-refractivity contribution in [1.82, 2.24) is 14.5 Å². The Balaban J connectivity index is 0.982. The maximum Gasteiger partial charge on any atom is 0.262 e. The van der Waals surface area contributed by atoms with E-state index >= 15 is 0 Å². The molecule has 7 rings (SSSR count). The number of aromatic nitrogens is 3. The van der Waals surface area contributed by atoms with E-state index in [1.54, 1.807) is 23.0 Å². The fourth-order valence-corrected chi connectivity index (χ4v) is 9.62. The lowest BCUT2D eigenvalue weighted by molar-refractivity contribution is -0.116. The molecular formula is C30H27N5O3S4. The summed E-state index contributed by atoms with van der Waals surface area (Å²) < 4.78 is 3.33. The number of hydrogen-bond acceptors (Lipinski definition) is 9. The molecule has 4 heterocycles. The third-order valence-electron chi connectivity index (χ3n) is 7.65. The minimum atomic E-state index is -0.172. The molecule has 0 unspecified atom stereocenters. The van der Waals surface area contributed by atoms with Crippen LogP contribution < -0.4 is 15.8 Å². The number of rotatable bonds is 7. The predicted octanol–water partition coefficient (Wildman–Crippen LogP) is 5.90. The van der Waals surface area contributed by atoms with Crippen LogP contribution in [0, 0.1) is 0 Å². The largest absolute Gasteiger partial charge is 0.325 e. The van der Waals surface area contributed by atoms with E-state index in [0.717, 1.165) is 69.1 Å². The maximum atomic E-state index is 13.1. The summed E-state index contributed by atoms with van der Waals surface area (Å²) in [6.07, 6.45) is 5.11. The third kappa shape index (κ3) is 5.25. The number of benzene rings is 2. The number of nitrogens with one attached hydrogen (secondary N) is 1. The number of amides is 2. The van der Waals surface area contributed by atoms with E-state index in [1.807, 2.05) is 41.3 Å². The van der Waals surface area contributed by atoms with Crippen molar-refractivity contribution >= 4 is 89.8 Å². The molecule has 214 valence electrons. The average Bonchev–Trinajstić information content (AvgIpc) is 3.71. The summed E-state index contributed by atoms with van der Waals surface area (Å²) >= 11 is 5.85. The van der Waals surface area contributed by atoms with Gasteiger partial charge >= 0.3 is 0 Å². The molecule has 0 saturated carbocycles. The minimum absolute atomic E-state index is 0.0291. The second-order valence-electron chi connectivity index (χ2n) is 10.4. The molecule has 0 spiro atoms. The molecule has 0 bridgehead atoms. The first-order valence-corrected chi connectivity index (χ1v) is 17.4. The second kappa shape index (κ2) is 11.5. The van der Waals surface area contributed by atoms with Gasteiger partial charge in [0.1, 0.15) is 4.83 Å². The van der Waals surface area contributed by atoms with Gasteiger partial charge < -0.3 is 10.2 Å². The predicted molar refractivity (Wildman–Crippen MR) is 174 cm³/mol. The van der Waals surface area contributed by atoms with Gasteiger partial charge in [-0.25, -0.2) is 9.97 Å². The molecule has 2 amide bonds. The van der Waals surface area contributed by atoms with E-state index in [4.69, 9.17) is 4.98 Å². The van der Waals surface area contributed by atoms with Gasteiger partial charge in [-0.1, -0.05) is 41.7 Å². The molecule has 2 aromatic carbocycles. The molecular weight excluding hydrogens is 607 g/mol. The third-order valence-corrected chi connectivity index (χ3v) is 12.0. The summed E-state index contributed by atoms with van der Waals surface area (Å²) in [5.41, 5.74) is 4.88. The van der Waals surface area contributed by atoms with Crippen molar-refractivity contribution < 1.29 is 9.59 Å². The van der Waals surface area contributed by atoms with Gasteiger partial charge in [-0.3, -0.25) is 19.0 Å². The second-order valence-corrected chi connectivity index (χ2v) is 14.6. The highest BCUT2D eigenvalue weighted by molar-refractivity contribution is 8.01. The number of thiophene rings is 1. The van der Waals surface area contributed by atoms with Crippen LogP contribution in [-0.4, -0.2) is 44.4 Å². The van der Waals surface area contributed by atoms with Gasteiger partial charge in [0.25, 0.3) is 5.56 Å². The Hall–Kier alpha value is -3.19. The normalized spacial score (nSPS) is 14.4. The molecule has 8 nitrogen and oxygen atoms in total. The zero-order chi connectivity index (χ0) is 28.8. The van der Waals surface area contributed by atoms with Crippen LogP contribution in [0.15, 0.2) is 56.8 Å². The molecule has 0 fully saturated rings. The van der Waals surface area contributed by atoms with E-state index in [9.17, 15) is 14.4 Å². The number of aryl methyl sites for hydroxylation is 2. The van der Waals surface area contributed by atoms with Crippen LogP contribution in [-0.2, 0) is 35.9 Å². The van der Waals surface area contributed by atoms with Gasteiger partial charge in [0.05, 0.1) is 27.1 Å². The molecule has 1 aliphatic heterocycles. The van der Waals surface area contributed by atoms with Gasteiger partial charge in [0.15, 0.2) is 9.50 Å². The Bertz CT molecular complexity index is 1930. The summed E-state index contributed by atoms with van der Waals surface area (Å²) in [4.78, 5) is 52.2. The monoisotopic (exact) mass is 633 g/mol. The molecule has 1 N–H and O–H groups in total. The quantitative estimate of drug-likeness (QED) is 0.176. The highest BCUT2D eigenvalue weighted by Crippen LogP contribution is 2.35. The average molecular weight is 634 g/mol. The molecule has 0 atom stereocenters. The molecule has 3 aromatic heterocycles. The first kappa shape index (κ1) is 27.6. The molecule has 1 aliphatic carbocycles. The van der Waals surface area contributed by atoms with Crippen LogP contribution in [0.25, 0.3) is 20.4 Å². The Morgan fingerprint density at radius 1 is 1.00 bits per heavy atom. The van der Waals surface area contributed by atoms with Crippen LogP contribution in [0.1, 0.15) is 28.8 Å². The van der Waals surface area contributed by atoms with Crippen LogP contribution in [0.2, 0.25) is 0 Å². The van der Waals surface area contributed by atoms with Gasteiger partial charge in [-0.15, -0.1) is 22.7 Å². The van der Waals surface area contributed by atoms with Crippen molar-refractivity contribution in [1.29, 1.82) is 0 Å².